The molecule has 0 spiro atoms. The molecule has 0 aliphatic carbocycles. The van der Waals surface area contributed by atoms with Gasteiger partial charge in [0.25, 0.3) is 0 Å². The van der Waals surface area contributed by atoms with Gasteiger partial charge in [0.1, 0.15) is 13.2 Å². The molecule has 6 nitrogen and oxygen atoms in total. The molecule has 0 radical (unpaired) electrons. The van der Waals surface area contributed by atoms with Crippen molar-refractivity contribution in [2.24, 2.45) is 0 Å². The van der Waals surface area contributed by atoms with Crippen LogP contribution in [0.25, 0.3) is 0 Å². The summed E-state index contributed by atoms with van der Waals surface area (Å²) in [5.74, 6) is 2.37. The zero-order valence-corrected chi connectivity index (χ0v) is 16.5. The second-order valence-electron chi connectivity index (χ2n) is 5.97. The number of thioether (sulfide) groups is 1. The summed E-state index contributed by atoms with van der Waals surface area (Å²) in [5, 5.41) is 3.29. The average Bonchev–Trinajstić information content (AvgIpc) is 2.66. The molecule has 142 valence electrons. The van der Waals surface area contributed by atoms with Crippen LogP contribution in [0.2, 0.25) is 0 Å². The van der Waals surface area contributed by atoms with Gasteiger partial charge in [0, 0.05) is 17.5 Å². The zero-order valence-electron chi connectivity index (χ0n) is 14.9. The Morgan fingerprint density at radius 3 is 2.74 bits per heavy atom. The number of thiocarbonyl (C=S) groups is 1. The highest BCUT2D eigenvalue weighted by Gasteiger charge is 2.12. The third-order valence-electron chi connectivity index (χ3n) is 3.70. The quantitative estimate of drug-likeness (QED) is 0.524. The summed E-state index contributed by atoms with van der Waals surface area (Å²) in [4.78, 5) is 11.9. The number of hydrazine groups is 1. The van der Waals surface area contributed by atoms with Crippen molar-refractivity contribution < 1.29 is 14.3 Å². The Kier molecular flexibility index (Phi) is 6.78. The van der Waals surface area contributed by atoms with E-state index in [2.05, 4.69) is 41.3 Å². The molecule has 0 atom stereocenters. The smallest absolute Gasteiger partial charge is 0.248 e. The fourth-order valence-electron chi connectivity index (χ4n) is 2.51. The third kappa shape index (κ3) is 6.04. The Bertz CT molecular complexity index is 830. The summed E-state index contributed by atoms with van der Waals surface area (Å²) < 4.78 is 11.0. The molecule has 1 aliphatic rings. The molecule has 1 amide bonds. The van der Waals surface area contributed by atoms with Crippen LogP contribution in [0, 0.1) is 6.92 Å². The van der Waals surface area contributed by atoms with Gasteiger partial charge in [-0.15, -0.1) is 11.8 Å². The van der Waals surface area contributed by atoms with Crippen LogP contribution in [0.15, 0.2) is 42.5 Å². The number of nitrogens with one attached hydrogen (secondary N) is 3. The molecule has 27 heavy (non-hydrogen) atoms. The summed E-state index contributed by atoms with van der Waals surface area (Å²) in [6.07, 6.45) is 0. The predicted octanol–water partition coefficient (Wildman–Crippen LogP) is 3.02. The first-order valence-corrected chi connectivity index (χ1v) is 10.1. The lowest BCUT2D eigenvalue weighted by molar-refractivity contribution is -0.119. The van der Waals surface area contributed by atoms with Crippen LogP contribution in [0.4, 0.5) is 5.69 Å². The maximum atomic E-state index is 11.9. The van der Waals surface area contributed by atoms with Gasteiger partial charge in [-0.05, 0) is 36.8 Å². The number of amides is 1. The standard InChI is InChI=1S/C19H21N3O3S2/c1-13-3-2-4-14(9-13)11-27-12-18(23)21-22-19(26)20-15-5-6-16-17(10-15)25-8-7-24-16/h2-6,9-10H,7-8,11-12H2,1H3,(H,21,23)(H2,20,22,26). The molecule has 0 aromatic heterocycles. The molecule has 0 unspecified atom stereocenters. The maximum Gasteiger partial charge on any atom is 0.248 e. The van der Waals surface area contributed by atoms with Gasteiger partial charge in [0.15, 0.2) is 16.6 Å². The molecule has 0 fully saturated rings. The third-order valence-corrected chi connectivity index (χ3v) is 4.91. The lowest BCUT2D eigenvalue weighted by atomic mass is 10.2. The number of ether oxygens (including phenoxy) is 2. The lowest BCUT2D eigenvalue weighted by Gasteiger charge is -2.19. The molecule has 0 saturated heterocycles. The SMILES string of the molecule is Cc1cccc(CSCC(=O)NNC(=S)Nc2ccc3c(c2)OCCO3)c1. The van der Waals surface area contributed by atoms with Crippen LogP contribution in [-0.4, -0.2) is 30.0 Å². The van der Waals surface area contributed by atoms with Crippen LogP contribution >= 0.6 is 24.0 Å². The van der Waals surface area contributed by atoms with Gasteiger partial charge in [-0.1, -0.05) is 29.8 Å². The topological polar surface area (TPSA) is 71.6 Å². The van der Waals surface area contributed by atoms with Gasteiger partial charge in [0.05, 0.1) is 5.75 Å². The monoisotopic (exact) mass is 403 g/mol. The number of hydrogen-bond acceptors (Lipinski definition) is 5. The second-order valence-corrected chi connectivity index (χ2v) is 7.36. The summed E-state index contributed by atoms with van der Waals surface area (Å²) in [7, 11) is 0. The second kappa shape index (κ2) is 9.48. The molecule has 2 aromatic carbocycles. The number of fused-ring (bicyclic) bond motifs is 1. The Labute approximate surface area is 168 Å². The first kappa shape index (κ1) is 19.3. The Morgan fingerprint density at radius 2 is 1.93 bits per heavy atom. The number of benzene rings is 2. The molecule has 0 saturated carbocycles. The fourth-order valence-corrected chi connectivity index (χ4v) is 3.45. The van der Waals surface area contributed by atoms with Gasteiger partial charge in [0.2, 0.25) is 5.91 Å². The van der Waals surface area contributed by atoms with Crippen molar-refractivity contribution in [2.45, 2.75) is 12.7 Å². The first-order valence-electron chi connectivity index (χ1n) is 8.49. The molecule has 2 aromatic rings. The Balaban J connectivity index is 1.38. The van der Waals surface area contributed by atoms with E-state index in [1.807, 2.05) is 24.3 Å². The normalized spacial score (nSPS) is 12.2. The summed E-state index contributed by atoms with van der Waals surface area (Å²) in [6.45, 7) is 3.13. The van der Waals surface area contributed by atoms with Gasteiger partial charge < -0.3 is 14.8 Å². The van der Waals surface area contributed by atoms with Crippen molar-refractivity contribution in [3.05, 3.63) is 53.6 Å². The van der Waals surface area contributed by atoms with Crippen molar-refractivity contribution in [2.75, 3.05) is 24.3 Å². The van der Waals surface area contributed by atoms with E-state index >= 15 is 0 Å². The van der Waals surface area contributed by atoms with Gasteiger partial charge in [-0.25, -0.2) is 0 Å². The van der Waals surface area contributed by atoms with Crippen LogP contribution in [-0.2, 0) is 10.5 Å². The van der Waals surface area contributed by atoms with E-state index < -0.39 is 0 Å². The number of carbonyl (C=O) groups is 1. The zero-order chi connectivity index (χ0) is 19.1. The van der Waals surface area contributed by atoms with Crippen LogP contribution in [0.5, 0.6) is 11.5 Å². The Hall–Kier alpha value is -2.45. The minimum atomic E-state index is -0.140. The minimum absolute atomic E-state index is 0.140. The predicted molar refractivity (Wildman–Crippen MR) is 112 cm³/mol. The molecule has 3 N–H and O–H groups in total. The molecule has 8 heteroatoms. The van der Waals surface area contributed by atoms with E-state index in [0.717, 1.165) is 11.4 Å². The summed E-state index contributed by atoms with van der Waals surface area (Å²) >= 11 is 6.74. The molecular weight excluding hydrogens is 382 g/mol. The van der Waals surface area contributed by atoms with E-state index in [1.165, 1.54) is 11.1 Å². The molecule has 1 aliphatic heterocycles. The van der Waals surface area contributed by atoms with E-state index in [0.29, 0.717) is 35.6 Å². The molecule has 3 rings (SSSR count). The number of carbonyl (C=O) groups excluding carboxylic acids is 1. The highest BCUT2D eigenvalue weighted by Crippen LogP contribution is 2.32. The van der Waals surface area contributed by atoms with Crippen molar-refractivity contribution in [1.82, 2.24) is 10.9 Å². The number of anilines is 1. The Morgan fingerprint density at radius 1 is 1.11 bits per heavy atom. The summed E-state index contributed by atoms with van der Waals surface area (Å²) in [5.41, 5.74) is 8.47. The minimum Gasteiger partial charge on any atom is -0.486 e. The molecule has 1 heterocycles. The van der Waals surface area contributed by atoms with Gasteiger partial charge >= 0.3 is 0 Å². The molecule has 0 bridgehead atoms. The van der Waals surface area contributed by atoms with Crippen LogP contribution in [0.3, 0.4) is 0 Å². The number of aryl methyl sites for hydroxylation is 1. The maximum absolute atomic E-state index is 11.9. The van der Waals surface area contributed by atoms with E-state index in [9.17, 15) is 4.79 Å². The highest BCUT2D eigenvalue weighted by atomic mass is 32.2. The average molecular weight is 404 g/mol. The van der Waals surface area contributed by atoms with Crippen molar-refractivity contribution >= 4 is 40.7 Å². The van der Waals surface area contributed by atoms with E-state index in [-0.39, 0.29) is 5.91 Å². The van der Waals surface area contributed by atoms with Gasteiger partial charge in [-0.3, -0.25) is 15.6 Å². The van der Waals surface area contributed by atoms with Crippen molar-refractivity contribution in [3.8, 4) is 11.5 Å². The summed E-state index contributed by atoms with van der Waals surface area (Å²) in [6, 6.07) is 13.7. The van der Waals surface area contributed by atoms with Crippen molar-refractivity contribution in [1.29, 1.82) is 0 Å². The van der Waals surface area contributed by atoms with E-state index in [4.69, 9.17) is 21.7 Å². The number of rotatable bonds is 5. The van der Waals surface area contributed by atoms with E-state index in [1.54, 1.807) is 11.8 Å². The molecular formula is C19H21N3O3S2. The van der Waals surface area contributed by atoms with Crippen LogP contribution < -0.4 is 25.6 Å². The first-order chi connectivity index (χ1) is 13.1. The number of hydrogen-bond donors (Lipinski definition) is 3. The lowest BCUT2D eigenvalue weighted by Crippen LogP contribution is -2.44. The fraction of sp³-hybridized carbons (Fsp3) is 0.263. The van der Waals surface area contributed by atoms with Crippen molar-refractivity contribution in [3.63, 3.8) is 0 Å². The highest BCUT2D eigenvalue weighted by molar-refractivity contribution is 7.99. The van der Waals surface area contributed by atoms with Gasteiger partial charge in [-0.2, -0.15) is 0 Å². The van der Waals surface area contributed by atoms with Crippen LogP contribution in [0.1, 0.15) is 11.1 Å². The largest absolute Gasteiger partial charge is 0.486 e.